The monoisotopic (exact) mass is 633 g/mol. The Bertz CT molecular complexity index is 1530. The zero-order chi connectivity index (χ0) is 31.7. The molecule has 3 aromatic carbocycles. The van der Waals surface area contributed by atoms with Crippen molar-refractivity contribution in [1.82, 2.24) is 10.2 Å². The van der Waals surface area contributed by atoms with Crippen molar-refractivity contribution in [3.8, 4) is 23.0 Å². The summed E-state index contributed by atoms with van der Waals surface area (Å²) < 4.78 is 51.0. The fourth-order valence-electron chi connectivity index (χ4n) is 4.30. The number of carbonyl (C=O) groups excluding carboxylic acids is 2. The van der Waals surface area contributed by atoms with Crippen molar-refractivity contribution in [2.24, 2.45) is 0 Å². The Morgan fingerprint density at radius 2 is 1.49 bits per heavy atom. The number of nitrogens with zero attached hydrogens (tertiary/aromatic N) is 2. The van der Waals surface area contributed by atoms with Crippen molar-refractivity contribution >= 4 is 39.1 Å². The molecule has 0 aliphatic heterocycles. The van der Waals surface area contributed by atoms with E-state index in [1.165, 1.54) is 57.6 Å². The van der Waals surface area contributed by atoms with Gasteiger partial charge in [0.25, 0.3) is 10.0 Å². The van der Waals surface area contributed by atoms with Gasteiger partial charge < -0.3 is 29.2 Å². The third-order valence-corrected chi connectivity index (χ3v) is 8.67. The third kappa shape index (κ3) is 7.82. The summed E-state index contributed by atoms with van der Waals surface area (Å²) in [6, 6.07) is 14.6. The van der Waals surface area contributed by atoms with Crippen LogP contribution in [0.2, 0.25) is 5.02 Å². The highest BCUT2D eigenvalue weighted by atomic mass is 35.5. The van der Waals surface area contributed by atoms with Crippen LogP contribution in [0.1, 0.15) is 19.4 Å². The number of anilines is 1. The molecule has 0 radical (unpaired) electrons. The standard InChI is InChI=1S/C30H36ClN3O8S/c1-7-32-30(36)20(2)33(18-21-8-10-22(31)11-9-21)29(35)19-34(25-16-23(39-3)12-14-26(25)40-4)43(37,38)24-13-15-27(41-5)28(17-24)42-6/h8-17,20H,7,18-19H2,1-6H3,(H,32,36)/t20-/m0/s1. The van der Waals surface area contributed by atoms with E-state index in [9.17, 15) is 18.0 Å². The molecule has 0 spiro atoms. The van der Waals surface area contributed by atoms with Crippen LogP contribution in [0.3, 0.4) is 0 Å². The van der Waals surface area contributed by atoms with Crippen LogP contribution in [0.15, 0.2) is 65.6 Å². The molecule has 3 rings (SSSR count). The zero-order valence-corrected chi connectivity index (χ0v) is 26.5. The Balaban J connectivity index is 2.17. The van der Waals surface area contributed by atoms with Crippen molar-refractivity contribution in [2.45, 2.75) is 31.3 Å². The van der Waals surface area contributed by atoms with Gasteiger partial charge in [-0.05, 0) is 55.8 Å². The maximum Gasteiger partial charge on any atom is 0.265 e. The lowest BCUT2D eigenvalue weighted by Crippen LogP contribution is -2.51. The summed E-state index contributed by atoms with van der Waals surface area (Å²) in [4.78, 5) is 28.2. The Morgan fingerprint density at radius 1 is 0.860 bits per heavy atom. The summed E-state index contributed by atoms with van der Waals surface area (Å²) >= 11 is 6.05. The highest BCUT2D eigenvalue weighted by Crippen LogP contribution is 2.37. The molecule has 0 aromatic heterocycles. The van der Waals surface area contributed by atoms with Crippen LogP contribution in [0.4, 0.5) is 5.69 Å². The van der Waals surface area contributed by atoms with Crippen LogP contribution in [-0.4, -0.2) is 72.7 Å². The molecule has 0 fully saturated rings. The lowest BCUT2D eigenvalue weighted by Gasteiger charge is -2.32. The number of amides is 2. The fourth-order valence-corrected chi connectivity index (χ4v) is 5.86. The minimum atomic E-state index is -4.44. The van der Waals surface area contributed by atoms with E-state index in [-0.39, 0.29) is 28.6 Å². The summed E-state index contributed by atoms with van der Waals surface area (Å²) in [5, 5.41) is 3.24. The number of methoxy groups -OCH3 is 4. The first-order chi connectivity index (χ1) is 20.5. The largest absolute Gasteiger partial charge is 0.497 e. The number of nitrogens with one attached hydrogen (secondary N) is 1. The first-order valence-corrected chi connectivity index (χ1v) is 15.1. The van der Waals surface area contributed by atoms with Crippen LogP contribution in [0, 0.1) is 0 Å². The Hall–Kier alpha value is -4.16. The molecule has 2 amide bonds. The zero-order valence-electron chi connectivity index (χ0n) is 24.9. The Morgan fingerprint density at radius 3 is 2.07 bits per heavy atom. The molecule has 0 heterocycles. The Labute approximate surface area is 257 Å². The number of rotatable bonds is 14. The maximum absolute atomic E-state index is 14.3. The fraction of sp³-hybridized carbons (Fsp3) is 0.333. The van der Waals surface area contributed by atoms with Gasteiger partial charge in [-0.25, -0.2) is 8.42 Å². The second kappa shape index (κ2) is 14.8. The Kier molecular flexibility index (Phi) is 11.5. The molecule has 43 heavy (non-hydrogen) atoms. The van der Waals surface area contributed by atoms with Gasteiger partial charge in [0, 0.05) is 30.2 Å². The van der Waals surface area contributed by atoms with E-state index in [4.69, 9.17) is 30.5 Å². The number of benzene rings is 3. The van der Waals surface area contributed by atoms with E-state index in [0.29, 0.717) is 28.6 Å². The van der Waals surface area contributed by atoms with E-state index in [1.807, 2.05) is 0 Å². The molecular formula is C30H36ClN3O8S. The molecule has 0 aliphatic rings. The maximum atomic E-state index is 14.3. The van der Waals surface area contributed by atoms with Gasteiger partial charge >= 0.3 is 0 Å². The van der Waals surface area contributed by atoms with Gasteiger partial charge in [0.1, 0.15) is 24.1 Å². The number of carbonyl (C=O) groups is 2. The molecule has 232 valence electrons. The second-order valence-electron chi connectivity index (χ2n) is 9.28. The highest BCUT2D eigenvalue weighted by Gasteiger charge is 2.34. The number of hydrogen-bond donors (Lipinski definition) is 1. The van der Waals surface area contributed by atoms with E-state index in [2.05, 4.69) is 5.32 Å². The number of ether oxygens (including phenoxy) is 4. The number of likely N-dealkylation sites (N-methyl/N-ethyl adjacent to an activating group) is 1. The third-order valence-electron chi connectivity index (χ3n) is 6.66. The molecule has 1 N–H and O–H groups in total. The second-order valence-corrected chi connectivity index (χ2v) is 11.6. The van der Waals surface area contributed by atoms with E-state index in [0.717, 1.165) is 4.31 Å². The number of hydrogen-bond acceptors (Lipinski definition) is 8. The molecule has 0 bridgehead atoms. The van der Waals surface area contributed by atoms with Crippen LogP contribution in [-0.2, 0) is 26.2 Å². The van der Waals surface area contributed by atoms with Crippen molar-refractivity contribution < 1.29 is 37.0 Å². The van der Waals surface area contributed by atoms with Gasteiger partial charge in [-0.2, -0.15) is 0 Å². The van der Waals surface area contributed by atoms with E-state index < -0.39 is 34.4 Å². The van der Waals surface area contributed by atoms with Crippen molar-refractivity contribution in [3.63, 3.8) is 0 Å². The number of halogens is 1. The van der Waals surface area contributed by atoms with Gasteiger partial charge in [-0.1, -0.05) is 23.7 Å². The first kappa shape index (κ1) is 33.3. The summed E-state index contributed by atoms with van der Waals surface area (Å²) in [7, 11) is 1.21. The lowest BCUT2D eigenvalue weighted by atomic mass is 10.1. The van der Waals surface area contributed by atoms with E-state index >= 15 is 0 Å². The summed E-state index contributed by atoms with van der Waals surface area (Å²) in [6.45, 7) is 3.05. The minimum absolute atomic E-state index is 0.0216. The predicted molar refractivity (Wildman–Crippen MR) is 164 cm³/mol. The molecular weight excluding hydrogens is 598 g/mol. The van der Waals surface area contributed by atoms with Crippen LogP contribution < -0.4 is 28.6 Å². The van der Waals surface area contributed by atoms with Crippen molar-refractivity contribution in [2.75, 3.05) is 45.8 Å². The minimum Gasteiger partial charge on any atom is -0.497 e. The van der Waals surface area contributed by atoms with Gasteiger partial charge in [0.2, 0.25) is 11.8 Å². The molecule has 0 aliphatic carbocycles. The van der Waals surface area contributed by atoms with Gasteiger partial charge in [-0.3, -0.25) is 13.9 Å². The summed E-state index contributed by atoms with van der Waals surface area (Å²) in [5.41, 5.74) is 0.754. The highest BCUT2D eigenvalue weighted by molar-refractivity contribution is 7.92. The molecule has 3 aromatic rings. The van der Waals surface area contributed by atoms with Crippen molar-refractivity contribution in [3.05, 3.63) is 71.2 Å². The molecule has 1 atom stereocenters. The molecule has 0 saturated carbocycles. The van der Waals surface area contributed by atoms with Gasteiger partial charge in [0.05, 0.1) is 39.0 Å². The van der Waals surface area contributed by atoms with Gasteiger partial charge in [-0.15, -0.1) is 0 Å². The quantitative estimate of drug-likeness (QED) is 0.281. The predicted octanol–water partition coefficient (Wildman–Crippen LogP) is 4.12. The van der Waals surface area contributed by atoms with E-state index in [1.54, 1.807) is 50.2 Å². The molecule has 0 saturated heterocycles. The number of sulfonamides is 1. The average molecular weight is 634 g/mol. The topological polar surface area (TPSA) is 124 Å². The molecule has 13 heteroatoms. The lowest BCUT2D eigenvalue weighted by molar-refractivity contribution is -0.139. The van der Waals surface area contributed by atoms with Crippen LogP contribution >= 0.6 is 11.6 Å². The van der Waals surface area contributed by atoms with Crippen LogP contribution in [0.25, 0.3) is 0 Å². The first-order valence-electron chi connectivity index (χ1n) is 13.3. The SMILES string of the molecule is CCNC(=O)[C@H](C)N(Cc1ccc(Cl)cc1)C(=O)CN(c1cc(OC)ccc1OC)S(=O)(=O)c1ccc(OC)c(OC)c1. The normalized spacial score (nSPS) is 11.7. The summed E-state index contributed by atoms with van der Waals surface area (Å²) in [6.07, 6.45) is 0. The molecule has 11 nitrogen and oxygen atoms in total. The molecule has 0 unspecified atom stereocenters. The smallest absolute Gasteiger partial charge is 0.265 e. The average Bonchev–Trinajstić information content (AvgIpc) is 3.02. The van der Waals surface area contributed by atoms with Gasteiger partial charge in [0.15, 0.2) is 11.5 Å². The summed E-state index contributed by atoms with van der Waals surface area (Å²) in [5.74, 6) is -0.00142. The van der Waals surface area contributed by atoms with Crippen LogP contribution in [0.5, 0.6) is 23.0 Å². The van der Waals surface area contributed by atoms with Crippen molar-refractivity contribution in [1.29, 1.82) is 0 Å².